The highest BCUT2D eigenvalue weighted by Gasteiger charge is 2.30. The topological polar surface area (TPSA) is 71.1 Å². The van der Waals surface area contributed by atoms with Crippen LogP contribution in [0.15, 0.2) is 25.2 Å². The van der Waals surface area contributed by atoms with Crippen molar-refractivity contribution in [3.63, 3.8) is 0 Å². The first-order valence-corrected chi connectivity index (χ1v) is 8.59. The summed E-state index contributed by atoms with van der Waals surface area (Å²) in [6.07, 6.45) is 8.10. The summed E-state index contributed by atoms with van der Waals surface area (Å²) in [5.74, 6) is 0.750. The highest BCUT2D eigenvalue weighted by molar-refractivity contribution is 5.87. The van der Waals surface area contributed by atoms with Gasteiger partial charge in [0.1, 0.15) is 12.0 Å². The molecule has 2 saturated heterocycles. The Morgan fingerprint density at radius 1 is 1.29 bits per heavy atom. The number of fused-ring (bicyclic) bond motifs is 1. The lowest BCUT2D eigenvalue weighted by Crippen LogP contribution is -2.26. The zero-order valence-electron chi connectivity index (χ0n) is 13.7. The van der Waals surface area contributed by atoms with Crippen LogP contribution in [0.3, 0.4) is 0 Å². The normalized spacial score (nSPS) is 22.2. The summed E-state index contributed by atoms with van der Waals surface area (Å²) in [5.41, 5.74) is 3.27. The Kier molecular flexibility index (Phi) is 4.06. The van der Waals surface area contributed by atoms with Crippen molar-refractivity contribution in [3.8, 4) is 0 Å². The van der Waals surface area contributed by atoms with Gasteiger partial charge in [-0.05, 0) is 36.8 Å². The van der Waals surface area contributed by atoms with E-state index >= 15 is 0 Å². The molecule has 2 fully saturated rings. The van der Waals surface area contributed by atoms with Gasteiger partial charge in [0, 0.05) is 43.8 Å². The van der Waals surface area contributed by atoms with Crippen molar-refractivity contribution < 1.29 is 9.53 Å². The van der Waals surface area contributed by atoms with Crippen LogP contribution >= 0.6 is 0 Å². The predicted molar refractivity (Wildman–Crippen MR) is 90.8 cm³/mol. The van der Waals surface area contributed by atoms with Gasteiger partial charge in [-0.25, -0.2) is 9.97 Å². The van der Waals surface area contributed by atoms with Crippen molar-refractivity contribution >= 4 is 16.9 Å². The number of likely N-dealkylation sites (tertiary alicyclic amines) is 1. The average molecular weight is 326 g/mol. The Labute approximate surface area is 140 Å². The molecular weight excluding hydrogens is 304 g/mol. The van der Waals surface area contributed by atoms with Crippen LogP contribution in [0.2, 0.25) is 0 Å². The zero-order chi connectivity index (χ0) is 16.5. The fourth-order valence-electron chi connectivity index (χ4n) is 3.96. The first kappa shape index (κ1) is 15.3. The Bertz CT molecular complexity index is 763. The van der Waals surface area contributed by atoms with Crippen LogP contribution in [0.1, 0.15) is 42.4 Å². The minimum absolute atomic E-state index is 0.00141. The molecule has 2 aromatic rings. The van der Waals surface area contributed by atoms with Crippen LogP contribution in [0.25, 0.3) is 11.0 Å². The predicted octanol–water partition coefficient (Wildman–Crippen LogP) is 2.35. The Morgan fingerprint density at radius 2 is 2.12 bits per heavy atom. The Hall–Kier alpha value is -2.21. The van der Waals surface area contributed by atoms with Crippen molar-refractivity contribution in [2.45, 2.75) is 31.1 Å². The van der Waals surface area contributed by atoms with Gasteiger partial charge in [0.25, 0.3) is 0 Å². The van der Waals surface area contributed by atoms with E-state index in [2.05, 4.69) is 27.7 Å². The number of hydrogen-bond donors (Lipinski definition) is 1. The Morgan fingerprint density at radius 3 is 2.92 bits per heavy atom. The molecule has 0 unspecified atom stereocenters. The number of amides is 1. The molecule has 2 aromatic heterocycles. The molecular formula is C18H22N4O2. The van der Waals surface area contributed by atoms with Gasteiger partial charge in [-0.2, -0.15) is 0 Å². The monoisotopic (exact) mass is 326 g/mol. The average Bonchev–Trinajstić information content (AvgIpc) is 3.29. The van der Waals surface area contributed by atoms with Crippen molar-refractivity contribution in [2.75, 3.05) is 26.3 Å². The van der Waals surface area contributed by atoms with Crippen molar-refractivity contribution in [2.24, 2.45) is 0 Å². The molecule has 6 heteroatoms. The van der Waals surface area contributed by atoms with Gasteiger partial charge < -0.3 is 14.6 Å². The number of aromatic amines is 1. The third kappa shape index (κ3) is 2.60. The minimum Gasteiger partial charge on any atom is -0.381 e. The molecule has 4 rings (SSSR count). The molecule has 126 valence electrons. The van der Waals surface area contributed by atoms with Crippen LogP contribution in [-0.2, 0) is 9.53 Å². The standard InChI is InChI=1S/C18H22N4O2/c1-2-15(23)22-6-3-13(10-22)17-16-14(12-4-7-24-8-5-12)9-19-18(16)21-11-20-17/h2,9,11-13H,1,3-8,10H2,(H,19,20,21)/t13-/m0/s1. The van der Waals surface area contributed by atoms with E-state index in [9.17, 15) is 4.79 Å². The summed E-state index contributed by atoms with van der Waals surface area (Å²) in [4.78, 5) is 26.0. The van der Waals surface area contributed by atoms with E-state index in [4.69, 9.17) is 4.74 Å². The third-order valence-electron chi connectivity index (χ3n) is 5.25. The van der Waals surface area contributed by atoms with Crippen LogP contribution in [0, 0.1) is 0 Å². The maximum atomic E-state index is 11.9. The minimum atomic E-state index is 0.00141. The second-order valence-electron chi connectivity index (χ2n) is 6.59. The Balaban J connectivity index is 1.69. The van der Waals surface area contributed by atoms with Crippen molar-refractivity contribution in [3.05, 3.63) is 36.4 Å². The number of aromatic nitrogens is 3. The molecule has 1 N–H and O–H groups in total. The smallest absolute Gasteiger partial charge is 0.245 e. The second-order valence-corrected chi connectivity index (χ2v) is 6.59. The molecule has 0 aliphatic carbocycles. The maximum Gasteiger partial charge on any atom is 0.245 e. The highest BCUT2D eigenvalue weighted by Crippen LogP contribution is 2.37. The second kappa shape index (κ2) is 6.36. The van der Waals surface area contributed by atoms with Gasteiger partial charge in [-0.3, -0.25) is 4.79 Å². The zero-order valence-corrected chi connectivity index (χ0v) is 13.7. The lowest BCUT2D eigenvalue weighted by molar-refractivity contribution is -0.125. The number of H-pyrrole nitrogens is 1. The fraction of sp³-hybridized carbons (Fsp3) is 0.500. The number of nitrogens with zero attached hydrogens (tertiary/aromatic N) is 3. The van der Waals surface area contributed by atoms with Gasteiger partial charge >= 0.3 is 0 Å². The molecule has 1 atom stereocenters. The van der Waals surface area contributed by atoms with E-state index in [0.717, 1.165) is 55.7 Å². The first-order valence-electron chi connectivity index (χ1n) is 8.59. The summed E-state index contributed by atoms with van der Waals surface area (Å²) in [6.45, 7) is 6.67. The van der Waals surface area contributed by atoms with Crippen LogP contribution < -0.4 is 0 Å². The number of carbonyl (C=O) groups is 1. The highest BCUT2D eigenvalue weighted by atomic mass is 16.5. The quantitative estimate of drug-likeness (QED) is 0.879. The van der Waals surface area contributed by atoms with E-state index < -0.39 is 0 Å². The summed E-state index contributed by atoms with van der Waals surface area (Å²) < 4.78 is 5.50. The molecule has 24 heavy (non-hydrogen) atoms. The van der Waals surface area contributed by atoms with Crippen LogP contribution in [0.5, 0.6) is 0 Å². The van der Waals surface area contributed by atoms with E-state index in [1.165, 1.54) is 11.6 Å². The molecule has 2 aliphatic heterocycles. The van der Waals surface area contributed by atoms with E-state index in [1.54, 1.807) is 6.33 Å². The van der Waals surface area contributed by atoms with E-state index in [1.807, 2.05) is 4.90 Å². The van der Waals surface area contributed by atoms with Crippen LogP contribution in [0.4, 0.5) is 0 Å². The maximum absolute atomic E-state index is 11.9. The van der Waals surface area contributed by atoms with E-state index in [0.29, 0.717) is 12.5 Å². The number of rotatable bonds is 3. The van der Waals surface area contributed by atoms with Gasteiger partial charge in [0.2, 0.25) is 5.91 Å². The molecule has 1 amide bonds. The molecule has 4 heterocycles. The molecule has 0 aromatic carbocycles. The molecule has 0 bridgehead atoms. The lowest BCUT2D eigenvalue weighted by Gasteiger charge is -2.22. The summed E-state index contributed by atoms with van der Waals surface area (Å²) >= 11 is 0. The molecule has 2 aliphatic rings. The fourth-order valence-corrected chi connectivity index (χ4v) is 3.96. The summed E-state index contributed by atoms with van der Waals surface area (Å²) in [5, 5.41) is 1.15. The van der Waals surface area contributed by atoms with Gasteiger partial charge in [-0.1, -0.05) is 6.58 Å². The van der Waals surface area contributed by atoms with Crippen LogP contribution in [-0.4, -0.2) is 52.1 Å². The number of nitrogens with one attached hydrogen (secondary N) is 1. The molecule has 0 radical (unpaired) electrons. The SMILES string of the molecule is C=CC(=O)N1CC[C@H](c2ncnc3[nH]cc(C4CCOCC4)c23)C1. The number of ether oxygens (including phenoxy) is 1. The summed E-state index contributed by atoms with van der Waals surface area (Å²) in [6, 6.07) is 0. The largest absolute Gasteiger partial charge is 0.381 e. The number of carbonyl (C=O) groups excluding carboxylic acids is 1. The van der Waals surface area contributed by atoms with Crippen molar-refractivity contribution in [1.82, 2.24) is 19.9 Å². The third-order valence-corrected chi connectivity index (χ3v) is 5.25. The van der Waals surface area contributed by atoms with Gasteiger partial charge in [0.05, 0.1) is 5.69 Å². The lowest BCUT2D eigenvalue weighted by atomic mass is 9.89. The van der Waals surface area contributed by atoms with Gasteiger partial charge in [0.15, 0.2) is 0 Å². The molecule has 6 nitrogen and oxygen atoms in total. The van der Waals surface area contributed by atoms with Gasteiger partial charge in [-0.15, -0.1) is 0 Å². The first-order chi connectivity index (χ1) is 11.8. The number of hydrogen-bond acceptors (Lipinski definition) is 4. The van der Waals surface area contributed by atoms with E-state index in [-0.39, 0.29) is 11.8 Å². The van der Waals surface area contributed by atoms with Crippen molar-refractivity contribution in [1.29, 1.82) is 0 Å². The molecule has 0 saturated carbocycles. The molecule has 0 spiro atoms. The summed E-state index contributed by atoms with van der Waals surface area (Å²) in [7, 11) is 0.